The van der Waals surface area contributed by atoms with Crippen molar-refractivity contribution in [1.82, 2.24) is 0 Å². The van der Waals surface area contributed by atoms with Crippen LogP contribution in [-0.2, 0) is 4.79 Å². The van der Waals surface area contributed by atoms with Gasteiger partial charge in [-0.05, 0) is 43.3 Å². The lowest BCUT2D eigenvalue weighted by molar-refractivity contribution is -0.114. The lowest BCUT2D eigenvalue weighted by atomic mass is 10.1. The quantitative estimate of drug-likeness (QED) is 0.567. The number of para-hydroxylation sites is 2. The predicted octanol–water partition coefficient (Wildman–Crippen LogP) is 3.67. The zero-order valence-corrected chi connectivity index (χ0v) is 15.3. The highest BCUT2D eigenvalue weighted by molar-refractivity contribution is 6.29. The molecule has 1 aliphatic rings. The molecule has 7 nitrogen and oxygen atoms in total. The summed E-state index contributed by atoms with van der Waals surface area (Å²) in [6.45, 7) is 5.73. The van der Waals surface area contributed by atoms with Crippen molar-refractivity contribution in [2.45, 2.75) is 6.92 Å². The third kappa shape index (κ3) is 3.93. The number of ether oxygens (including phenoxy) is 1. The maximum atomic E-state index is 12.8. The first-order valence-corrected chi connectivity index (χ1v) is 8.54. The number of aromatic carboxylic acids is 1. The fraction of sp³-hybridized carbons (Fsp3) is 0.0952. The van der Waals surface area contributed by atoms with Crippen molar-refractivity contribution in [2.75, 3.05) is 16.9 Å². The van der Waals surface area contributed by atoms with Crippen LogP contribution in [0.15, 0.2) is 78.1 Å². The standard InChI is InChI=1S/C21H19N3O4/c1-3-12-28-19-7-5-4-6-18(19)22-13-17-14(2)23-24(20(17)25)16-10-8-15(9-11-16)21(26)27/h3-11,13,22H,1,12H2,2H3,(H,26,27). The number of carboxylic acids is 1. The molecule has 0 spiro atoms. The van der Waals surface area contributed by atoms with Crippen LogP contribution in [0.2, 0.25) is 0 Å². The van der Waals surface area contributed by atoms with Crippen molar-refractivity contribution in [3.63, 3.8) is 0 Å². The Morgan fingerprint density at radius 3 is 2.64 bits per heavy atom. The van der Waals surface area contributed by atoms with Crippen molar-refractivity contribution in [1.29, 1.82) is 0 Å². The molecule has 28 heavy (non-hydrogen) atoms. The number of hydrazone groups is 1. The second kappa shape index (κ2) is 8.22. The Labute approximate surface area is 162 Å². The SMILES string of the molecule is C=CCOc1ccccc1NC=C1C(=O)N(c2ccc(C(=O)O)cc2)N=C1C. The molecule has 2 aromatic carbocycles. The second-order valence-corrected chi connectivity index (χ2v) is 5.95. The van der Waals surface area contributed by atoms with Crippen molar-refractivity contribution in [2.24, 2.45) is 5.10 Å². The van der Waals surface area contributed by atoms with E-state index in [-0.39, 0.29) is 11.5 Å². The molecule has 0 fully saturated rings. The van der Waals surface area contributed by atoms with E-state index in [1.54, 1.807) is 31.3 Å². The molecule has 0 aromatic heterocycles. The molecule has 0 saturated carbocycles. The van der Waals surface area contributed by atoms with Crippen LogP contribution >= 0.6 is 0 Å². The van der Waals surface area contributed by atoms with Gasteiger partial charge in [-0.3, -0.25) is 4.79 Å². The predicted molar refractivity (Wildman–Crippen MR) is 108 cm³/mol. The second-order valence-electron chi connectivity index (χ2n) is 5.95. The van der Waals surface area contributed by atoms with Gasteiger partial charge in [0.15, 0.2) is 0 Å². The van der Waals surface area contributed by atoms with E-state index in [0.717, 1.165) is 0 Å². The first kappa shape index (κ1) is 18.9. The number of benzene rings is 2. The fourth-order valence-electron chi connectivity index (χ4n) is 2.61. The summed E-state index contributed by atoms with van der Waals surface area (Å²) in [6.07, 6.45) is 3.24. The molecule has 2 N–H and O–H groups in total. The van der Waals surface area contributed by atoms with E-state index < -0.39 is 5.97 Å². The number of rotatable bonds is 7. The van der Waals surface area contributed by atoms with Gasteiger partial charge in [0.05, 0.1) is 28.2 Å². The van der Waals surface area contributed by atoms with E-state index in [9.17, 15) is 9.59 Å². The van der Waals surface area contributed by atoms with Crippen LogP contribution in [-0.4, -0.2) is 29.3 Å². The molecule has 142 valence electrons. The van der Waals surface area contributed by atoms with Crippen molar-refractivity contribution in [3.8, 4) is 5.75 Å². The van der Waals surface area contributed by atoms with Crippen molar-refractivity contribution in [3.05, 3.63) is 78.5 Å². The Bertz CT molecular complexity index is 977. The Balaban J connectivity index is 1.79. The zero-order chi connectivity index (χ0) is 20.1. The number of carbonyl (C=O) groups excluding carboxylic acids is 1. The minimum Gasteiger partial charge on any atom is -0.487 e. The van der Waals surface area contributed by atoms with Gasteiger partial charge in [-0.25, -0.2) is 4.79 Å². The summed E-state index contributed by atoms with van der Waals surface area (Å²) in [5.41, 5.74) is 2.30. The van der Waals surface area contributed by atoms with E-state index in [0.29, 0.717) is 35.0 Å². The van der Waals surface area contributed by atoms with E-state index in [4.69, 9.17) is 9.84 Å². The first-order chi connectivity index (χ1) is 13.5. The molecule has 0 unspecified atom stereocenters. The number of carbonyl (C=O) groups is 2. The van der Waals surface area contributed by atoms with Gasteiger partial charge in [0.25, 0.3) is 5.91 Å². The molecular formula is C21H19N3O4. The Kier molecular flexibility index (Phi) is 5.55. The molecule has 0 bridgehead atoms. The molecule has 1 amide bonds. The zero-order valence-electron chi connectivity index (χ0n) is 15.3. The number of hydrogen-bond donors (Lipinski definition) is 2. The molecule has 7 heteroatoms. The third-order valence-corrected chi connectivity index (χ3v) is 4.04. The molecule has 0 atom stereocenters. The smallest absolute Gasteiger partial charge is 0.335 e. The number of anilines is 2. The summed E-state index contributed by atoms with van der Waals surface area (Å²) in [5, 5.41) is 17.6. The average molecular weight is 377 g/mol. The Morgan fingerprint density at radius 1 is 1.25 bits per heavy atom. The summed E-state index contributed by atoms with van der Waals surface area (Å²) < 4.78 is 5.59. The average Bonchev–Trinajstić information content (AvgIpc) is 2.99. The van der Waals surface area contributed by atoms with Gasteiger partial charge in [-0.15, -0.1) is 0 Å². The number of hydrogen-bond acceptors (Lipinski definition) is 5. The summed E-state index contributed by atoms with van der Waals surface area (Å²) in [4.78, 5) is 23.7. The molecule has 3 rings (SSSR count). The van der Waals surface area contributed by atoms with Gasteiger partial charge in [-0.2, -0.15) is 10.1 Å². The summed E-state index contributed by atoms with van der Waals surface area (Å²) in [5.74, 6) is -0.695. The highest BCUT2D eigenvalue weighted by atomic mass is 16.5. The van der Waals surface area contributed by atoms with Gasteiger partial charge in [0, 0.05) is 6.20 Å². The van der Waals surface area contributed by atoms with E-state index in [1.807, 2.05) is 24.3 Å². The van der Waals surface area contributed by atoms with Gasteiger partial charge in [-0.1, -0.05) is 24.8 Å². The van der Waals surface area contributed by atoms with Crippen LogP contribution in [0, 0.1) is 0 Å². The summed E-state index contributed by atoms with van der Waals surface area (Å²) in [7, 11) is 0. The molecule has 0 radical (unpaired) electrons. The molecular weight excluding hydrogens is 358 g/mol. The lowest BCUT2D eigenvalue weighted by Crippen LogP contribution is -2.21. The Morgan fingerprint density at radius 2 is 1.96 bits per heavy atom. The lowest BCUT2D eigenvalue weighted by Gasteiger charge is -2.12. The normalized spacial score (nSPS) is 14.8. The van der Waals surface area contributed by atoms with Crippen LogP contribution in [0.25, 0.3) is 0 Å². The minimum atomic E-state index is -1.03. The highest BCUT2D eigenvalue weighted by Gasteiger charge is 2.28. The largest absolute Gasteiger partial charge is 0.487 e. The van der Waals surface area contributed by atoms with Gasteiger partial charge in [0.2, 0.25) is 0 Å². The monoisotopic (exact) mass is 377 g/mol. The van der Waals surface area contributed by atoms with Crippen LogP contribution in [0.5, 0.6) is 5.75 Å². The van der Waals surface area contributed by atoms with E-state index in [2.05, 4.69) is 17.0 Å². The summed E-state index contributed by atoms with van der Waals surface area (Å²) in [6, 6.07) is 13.3. The van der Waals surface area contributed by atoms with Gasteiger partial charge < -0.3 is 15.2 Å². The summed E-state index contributed by atoms with van der Waals surface area (Å²) >= 11 is 0. The van der Waals surface area contributed by atoms with Gasteiger partial charge >= 0.3 is 5.97 Å². The molecule has 1 aliphatic heterocycles. The van der Waals surface area contributed by atoms with E-state index >= 15 is 0 Å². The first-order valence-electron chi connectivity index (χ1n) is 8.54. The van der Waals surface area contributed by atoms with Crippen LogP contribution in [0.3, 0.4) is 0 Å². The van der Waals surface area contributed by atoms with Gasteiger partial charge in [0.1, 0.15) is 12.4 Å². The minimum absolute atomic E-state index is 0.143. The number of nitrogens with one attached hydrogen (secondary N) is 1. The molecule has 0 saturated heterocycles. The van der Waals surface area contributed by atoms with Crippen LogP contribution in [0.4, 0.5) is 11.4 Å². The number of nitrogens with zero attached hydrogens (tertiary/aromatic N) is 2. The van der Waals surface area contributed by atoms with E-state index in [1.165, 1.54) is 17.1 Å². The fourth-order valence-corrected chi connectivity index (χ4v) is 2.61. The molecule has 1 heterocycles. The van der Waals surface area contributed by atoms with Crippen LogP contribution in [0.1, 0.15) is 17.3 Å². The highest BCUT2D eigenvalue weighted by Crippen LogP contribution is 2.26. The van der Waals surface area contributed by atoms with Crippen molar-refractivity contribution >= 4 is 29.0 Å². The molecule has 2 aromatic rings. The Hall–Kier alpha value is -3.87. The topological polar surface area (TPSA) is 91.2 Å². The maximum absolute atomic E-state index is 12.8. The van der Waals surface area contributed by atoms with Crippen LogP contribution < -0.4 is 15.1 Å². The van der Waals surface area contributed by atoms with Crippen molar-refractivity contribution < 1.29 is 19.4 Å². The number of carboxylic acid groups (broad SMARTS) is 1. The third-order valence-electron chi connectivity index (χ3n) is 4.04. The number of amides is 1. The molecule has 0 aliphatic carbocycles. The maximum Gasteiger partial charge on any atom is 0.335 e.